The van der Waals surface area contributed by atoms with Crippen LogP contribution in [0.4, 0.5) is 0 Å². The summed E-state index contributed by atoms with van der Waals surface area (Å²) in [6.45, 7) is 3.80. The molecule has 0 spiro atoms. The second kappa shape index (κ2) is 9.32. The van der Waals surface area contributed by atoms with Gasteiger partial charge in [0.1, 0.15) is 5.75 Å². The molecule has 164 valence electrons. The molecule has 3 heterocycles. The fourth-order valence-electron chi connectivity index (χ4n) is 3.93. The predicted octanol–water partition coefficient (Wildman–Crippen LogP) is 1.47. The van der Waals surface area contributed by atoms with Crippen LogP contribution in [0, 0.1) is 0 Å². The summed E-state index contributed by atoms with van der Waals surface area (Å²) in [6, 6.07) is 7.40. The maximum atomic E-state index is 12.4. The number of nitrogens with one attached hydrogen (secondary N) is 1. The van der Waals surface area contributed by atoms with Crippen LogP contribution >= 0.6 is 0 Å². The van der Waals surface area contributed by atoms with Crippen LogP contribution in [0.15, 0.2) is 41.5 Å². The van der Waals surface area contributed by atoms with Crippen molar-refractivity contribution in [2.24, 2.45) is 0 Å². The Morgan fingerprint density at radius 3 is 2.65 bits per heavy atom. The summed E-state index contributed by atoms with van der Waals surface area (Å²) in [5, 5.41) is 22.4. The number of fused-ring (bicyclic) bond motifs is 1. The maximum absolute atomic E-state index is 12.4. The van der Waals surface area contributed by atoms with Gasteiger partial charge in [-0.25, -0.2) is 4.98 Å². The molecule has 3 N–H and O–H groups in total. The van der Waals surface area contributed by atoms with Gasteiger partial charge in [0.25, 0.3) is 5.56 Å². The summed E-state index contributed by atoms with van der Waals surface area (Å²) in [5.74, 6) is 0.340. The Hall–Kier alpha value is -3.17. The van der Waals surface area contributed by atoms with Gasteiger partial charge in [-0.2, -0.15) is 0 Å². The van der Waals surface area contributed by atoms with Crippen LogP contribution in [-0.4, -0.2) is 62.4 Å². The first kappa shape index (κ1) is 21.1. The van der Waals surface area contributed by atoms with E-state index in [4.69, 9.17) is 4.74 Å². The van der Waals surface area contributed by atoms with Crippen molar-refractivity contribution < 1.29 is 14.9 Å². The molecule has 0 saturated carbocycles. The van der Waals surface area contributed by atoms with E-state index in [1.165, 1.54) is 18.5 Å². The first-order chi connectivity index (χ1) is 15.0. The number of methoxy groups -OCH3 is 1. The first-order valence-electron chi connectivity index (χ1n) is 10.4. The Morgan fingerprint density at radius 1 is 1.10 bits per heavy atom. The molecular formula is C22H27N5O4. The van der Waals surface area contributed by atoms with Crippen LogP contribution in [0.3, 0.4) is 0 Å². The third-order valence-electron chi connectivity index (χ3n) is 5.77. The van der Waals surface area contributed by atoms with Crippen molar-refractivity contribution >= 4 is 11.0 Å². The minimum atomic E-state index is -0.211. The molecule has 9 heteroatoms. The second-order valence-corrected chi connectivity index (χ2v) is 7.76. The van der Waals surface area contributed by atoms with Crippen molar-refractivity contribution in [3.8, 4) is 17.2 Å². The summed E-state index contributed by atoms with van der Waals surface area (Å²) in [7, 11) is 1.61. The van der Waals surface area contributed by atoms with Crippen LogP contribution in [0.2, 0.25) is 0 Å². The zero-order valence-corrected chi connectivity index (χ0v) is 17.5. The Morgan fingerprint density at radius 2 is 1.90 bits per heavy atom. The van der Waals surface area contributed by atoms with E-state index >= 15 is 0 Å². The Balaban J connectivity index is 1.31. The zero-order chi connectivity index (χ0) is 21.8. The van der Waals surface area contributed by atoms with Crippen LogP contribution in [-0.2, 0) is 13.1 Å². The quantitative estimate of drug-likeness (QED) is 0.522. The highest BCUT2D eigenvalue weighted by Crippen LogP contribution is 2.23. The van der Waals surface area contributed by atoms with Gasteiger partial charge >= 0.3 is 0 Å². The number of hydrogen-bond acceptors (Lipinski definition) is 8. The van der Waals surface area contributed by atoms with Gasteiger partial charge in [0, 0.05) is 37.8 Å². The van der Waals surface area contributed by atoms with E-state index < -0.39 is 0 Å². The van der Waals surface area contributed by atoms with Gasteiger partial charge in [0.2, 0.25) is 0 Å². The highest BCUT2D eigenvalue weighted by Gasteiger charge is 2.19. The molecule has 9 nitrogen and oxygen atoms in total. The number of benzene rings is 1. The maximum Gasteiger partial charge on any atom is 0.269 e. The van der Waals surface area contributed by atoms with Gasteiger partial charge in [-0.15, -0.1) is 0 Å². The molecule has 0 unspecified atom stereocenters. The van der Waals surface area contributed by atoms with Crippen molar-refractivity contribution in [3.63, 3.8) is 0 Å². The molecule has 3 aromatic rings. The zero-order valence-electron chi connectivity index (χ0n) is 17.5. The molecule has 2 aromatic heterocycles. The number of likely N-dealkylation sites (tertiary alicyclic amines) is 1. The molecule has 0 radical (unpaired) electrons. The van der Waals surface area contributed by atoms with Crippen LogP contribution in [0.25, 0.3) is 11.0 Å². The smallest absolute Gasteiger partial charge is 0.269 e. The van der Waals surface area contributed by atoms with Gasteiger partial charge in [-0.05, 0) is 38.1 Å². The lowest BCUT2D eigenvalue weighted by Crippen LogP contribution is -2.43. The fourth-order valence-corrected chi connectivity index (χ4v) is 3.93. The predicted molar refractivity (Wildman–Crippen MR) is 116 cm³/mol. The summed E-state index contributed by atoms with van der Waals surface area (Å²) in [5.41, 5.74) is 2.14. The second-order valence-electron chi connectivity index (χ2n) is 7.76. The van der Waals surface area contributed by atoms with Crippen LogP contribution < -0.4 is 15.6 Å². The SMILES string of the molecule is COc1ccc2ncc(=O)n(CCN3CCC(NCc4cc(O)c(O)cn4)CC3)c2c1. The van der Waals surface area contributed by atoms with Crippen molar-refractivity contribution in [3.05, 3.63) is 52.7 Å². The van der Waals surface area contributed by atoms with Crippen molar-refractivity contribution in [2.45, 2.75) is 32.0 Å². The molecule has 0 amide bonds. The van der Waals surface area contributed by atoms with Gasteiger partial charge in [-0.1, -0.05) is 0 Å². The summed E-state index contributed by atoms with van der Waals surface area (Å²) < 4.78 is 7.06. The average molecular weight is 425 g/mol. The molecule has 4 rings (SSSR count). The van der Waals surface area contributed by atoms with Crippen molar-refractivity contribution in [1.29, 1.82) is 0 Å². The summed E-state index contributed by atoms with van der Waals surface area (Å²) in [6.07, 6.45) is 4.61. The number of ether oxygens (including phenoxy) is 1. The minimum Gasteiger partial charge on any atom is -0.504 e. The normalized spacial score (nSPS) is 15.4. The molecule has 1 aromatic carbocycles. The molecule has 0 atom stereocenters. The molecule has 1 aliphatic heterocycles. The number of hydrogen-bond donors (Lipinski definition) is 3. The largest absolute Gasteiger partial charge is 0.504 e. The van der Waals surface area contributed by atoms with E-state index in [1.54, 1.807) is 11.7 Å². The van der Waals surface area contributed by atoms with Gasteiger partial charge in [-0.3, -0.25) is 9.78 Å². The van der Waals surface area contributed by atoms with Gasteiger partial charge < -0.3 is 29.7 Å². The summed E-state index contributed by atoms with van der Waals surface area (Å²) >= 11 is 0. The lowest BCUT2D eigenvalue weighted by atomic mass is 10.0. The highest BCUT2D eigenvalue weighted by atomic mass is 16.5. The molecular weight excluding hydrogens is 398 g/mol. The topological polar surface area (TPSA) is 113 Å². The molecule has 31 heavy (non-hydrogen) atoms. The minimum absolute atomic E-state index is 0.109. The number of aromatic hydroxyl groups is 2. The molecule has 1 aliphatic rings. The van der Waals surface area contributed by atoms with Gasteiger partial charge in [0.15, 0.2) is 11.5 Å². The molecule has 0 aliphatic carbocycles. The van der Waals surface area contributed by atoms with Crippen LogP contribution in [0.1, 0.15) is 18.5 Å². The molecule has 1 fully saturated rings. The van der Waals surface area contributed by atoms with Crippen LogP contribution in [0.5, 0.6) is 17.2 Å². The monoisotopic (exact) mass is 425 g/mol. The lowest BCUT2D eigenvalue weighted by Gasteiger charge is -2.32. The molecule has 1 saturated heterocycles. The average Bonchev–Trinajstić information content (AvgIpc) is 2.79. The Bertz CT molecular complexity index is 1110. The van der Waals surface area contributed by atoms with E-state index in [0.717, 1.165) is 43.5 Å². The van der Waals surface area contributed by atoms with E-state index in [-0.39, 0.29) is 17.1 Å². The Labute approximate surface area is 179 Å². The van der Waals surface area contributed by atoms with Gasteiger partial charge in [0.05, 0.1) is 36.2 Å². The van der Waals surface area contributed by atoms with E-state index in [0.29, 0.717) is 30.6 Å². The van der Waals surface area contributed by atoms with Crippen molar-refractivity contribution in [2.75, 3.05) is 26.7 Å². The number of piperidine rings is 1. The first-order valence-corrected chi connectivity index (χ1v) is 10.4. The molecule has 0 bridgehead atoms. The van der Waals surface area contributed by atoms with E-state index in [9.17, 15) is 15.0 Å². The Kier molecular flexibility index (Phi) is 6.34. The number of nitrogens with zero attached hydrogens (tertiary/aromatic N) is 4. The number of rotatable bonds is 7. The summed E-state index contributed by atoms with van der Waals surface area (Å²) in [4.78, 5) is 23.1. The standard InChI is InChI=1S/C22H27N5O4/c1-31-17-2-3-18-19(11-17)27(22(30)14-25-18)9-8-26-6-4-15(5-7-26)23-12-16-10-20(28)21(29)13-24-16/h2-3,10-11,13-15,23,29H,4-9,12H2,1H3,(H,24,28). The van der Waals surface area contributed by atoms with E-state index in [1.807, 2.05) is 18.2 Å². The van der Waals surface area contributed by atoms with E-state index in [2.05, 4.69) is 20.2 Å². The highest BCUT2D eigenvalue weighted by molar-refractivity contribution is 5.76. The lowest BCUT2D eigenvalue weighted by molar-refractivity contribution is 0.191. The number of aromatic nitrogens is 3. The number of pyridine rings is 1. The van der Waals surface area contributed by atoms with Crippen molar-refractivity contribution in [1.82, 2.24) is 24.8 Å². The third kappa shape index (κ3) is 4.95. The fraction of sp³-hybridized carbons (Fsp3) is 0.409. The third-order valence-corrected chi connectivity index (χ3v) is 5.77.